The number of hydrogen-bond acceptors (Lipinski definition) is 4. The Morgan fingerprint density at radius 2 is 2.22 bits per heavy atom. The van der Waals surface area contributed by atoms with E-state index in [-0.39, 0.29) is 37.1 Å². The first kappa shape index (κ1) is 14.9. The first-order valence-electron chi connectivity index (χ1n) is 6.07. The molecule has 0 aliphatic heterocycles. The first-order valence-corrected chi connectivity index (χ1v) is 6.95. The summed E-state index contributed by atoms with van der Waals surface area (Å²) in [6, 6.07) is 3.60. The Morgan fingerprint density at radius 3 is 2.83 bits per heavy atom. The Balaban J connectivity index is 2.19. The number of nitrogens with one attached hydrogen (secondary N) is 1. The van der Waals surface area contributed by atoms with Crippen LogP contribution in [0.4, 0.5) is 0 Å². The number of hydrogen-bond donors (Lipinski definition) is 2. The lowest BCUT2D eigenvalue weighted by molar-refractivity contribution is -0.121. The zero-order valence-corrected chi connectivity index (χ0v) is 11.3. The maximum atomic E-state index is 11.6. The topological polar surface area (TPSA) is 66.4 Å². The van der Waals surface area contributed by atoms with Crippen LogP contribution in [0, 0.1) is 5.92 Å². The third-order valence-corrected chi connectivity index (χ3v) is 3.56. The number of amides is 1. The van der Waals surface area contributed by atoms with Gasteiger partial charge >= 0.3 is 0 Å². The monoisotopic (exact) mass is 269 g/mol. The smallest absolute Gasteiger partial charge is 0.220 e. The molecule has 4 nitrogen and oxygen atoms in total. The molecule has 18 heavy (non-hydrogen) atoms. The summed E-state index contributed by atoms with van der Waals surface area (Å²) >= 11 is 1.40. The van der Waals surface area contributed by atoms with Crippen LogP contribution in [-0.4, -0.2) is 29.9 Å². The van der Waals surface area contributed by atoms with E-state index in [1.165, 1.54) is 11.3 Å². The Bertz CT molecular complexity index is 376. The highest BCUT2D eigenvalue weighted by atomic mass is 32.1. The highest BCUT2D eigenvalue weighted by molar-refractivity contribution is 7.12. The van der Waals surface area contributed by atoms with Crippen molar-refractivity contribution < 1.29 is 14.7 Å². The third-order valence-electron chi connectivity index (χ3n) is 2.64. The minimum absolute atomic E-state index is 0.0172. The van der Waals surface area contributed by atoms with Crippen LogP contribution >= 0.6 is 11.3 Å². The summed E-state index contributed by atoms with van der Waals surface area (Å²) in [5.74, 6) is 0.167. The highest BCUT2D eigenvalue weighted by Crippen LogP contribution is 2.12. The average molecular weight is 269 g/mol. The van der Waals surface area contributed by atoms with E-state index in [4.69, 9.17) is 5.11 Å². The van der Waals surface area contributed by atoms with Crippen molar-refractivity contribution in [1.29, 1.82) is 0 Å². The maximum absolute atomic E-state index is 11.6. The normalized spacial score (nSPS) is 12.1. The zero-order valence-electron chi connectivity index (χ0n) is 10.5. The molecule has 0 bridgehead atoms. The average Bonchev–Trinajstić information content (AvgIpc) is 2.87. The van der Waals surface area contributed by atoms with E-state index in [1.807, 2.05) is 18.4 Å². The Labute approximate surface area is 111 Å². The predicted molar refractivity (Wildman–Crippen MR) is 71.8 cm³/mol. The molecule has 1 aromatic heterocycles. The van der Waals surface area contributed by atoms with Crippen LogP contribution < -0.4 is 5.32 Å². The molecule has 0 radical (unpaired) electrons. The maximum Gasteiger partial charge on any atom is 0.220 e. The van der Waals surface area contributed by atoms with Gasteiger partial charge in [0.25, 0.3) is 0 Å². The summed E-state index contributed by atoms with van der Waals surface area (Å²) in [5.41, 5.74) is 0. The van der Waals surface area contributed by atoms with Gasteiger partial charge in [-0.15, -0.1) is 11.3 Å². The molecule has 0 fully saturated rings. The number of carbonyl (C=O) groups excluding carboxylic acids is 2. The minimum Gasteiger partial charge on any atom is -0.396 e. The molecule has 0 aliphatic carbocycles. The lowest BCUT2D eigenvalue weighted by Gasteiger charge is -2.10. The standard InChI is InChI=1S/C13H19NO3S/c1-10(6-7-15)9-14-13(17)5-4-11(16)12-3-2-8-18-12/h2-3,8,10,15H,4-7,9H2,1H3,(H,14,17). The van der Waals surface area contributed by atoms with Gasteiger partial charge < -0.3 is 10.4 Å². The zero-order chi connectivity index (χ0) is 13.4. The van der Waals surface area contributed by atoms with E-state index < -0.39 is 0 Å². The van der Waals surface area contributed by atoms with Gasteiger partial charge in [-0.25, -0.2) is 0 Å². The second-order valence-corrected chi connectivity index (χ2v) is 5.27. The van der Waals surface area contributed by atoms with Crippen LogP contribution in [-0.2, 0) is 4.79 Å². The molecule has 1 heterocycles. The quantitative estimate of drug-likeness (QED) is 0.708. The van der Waals surface area contributed by atoms with Gasteiger partial charge in [-0.3, -0.25) is 9.59 Å². The van der Waals surface area contributed by atoms with Crippen LogP contribution in [0.3, 0.4) is 0 Å². The van der Waals surface area contributed by atoms with Crippen molar-refractivity contribution >= 4 is 23.0 Å². The molecule has 0 saturated heterocycles. The fraction of sp³-hybridized carbons (Fsp3) is 0.538. The Hall–Kier alpha value is -1.20. The number of rotatable bonds is 8. The predicted octanol–water partition coefficient (Wildman–Crippen LogP) is 1.85. The third kappa shape index (κ3) is 5.42. The highest BCUT2D eigenvalue weighted by Gasteiger charge is 2.10. The summed E-state index contributed by atoms with van der Waals surface area (Å²) in [6.07, 6.45) is 1.15. The van der Waals surface area contributed by atoms with E-state index in [9.17, 15) is 9.59 Å². The number of carbonyl (C=O) groups is 2. The molecule has 1 unspecified atom stereocenters. The molecule has 1 aromatic rings. The van der Waals surface area contributed by atoms with Crippen molar-refractivity contribution in [3.63, 3.8) is 0 Å². The molecule has 100 valence electrons. The lowest BCUT2D eigenvalue weighted by Crippen LogP contribution is -2.28. The molecule has 1 rings (SSSR count). The number of thiophene rings is 1. The van der Waals surface area contributed by atoms with Gasteiger partial charge in [0.1, 0.15) is 0 Å². The fourth-order valence-corrected chi connectivity index (χ4v) is 2.18. The van der Waals surface area contributed by atoms with Gasteiger partial charge in [-0.05, 0) is 23.8 Å². The van der Waals surface area contributed by atoms with E-state index >= 15 is 0 Å². The molecule has 0 spiro atoms. The second kappa shape index (κ2) is 8.00. The van der Waals surface area contributed by atoms with E-state index in [0.717, 1.165) is 0 Å². The summed E-state index contributed by atoms with van der Waals surface area (Å²) in [6.45, 7) is 2.65. The molecule has 0 saturated carbocycles. The van der Waals surface area contributed by atoms with Crippen LogP contribution in [0.2, 0.25) is 0 Å². The minimum atomic E-state index is -0.107. The van der Waals surface area contributed by atoms with Gasteiger partial charge in [0.15, 0.2) is 5.78 Å². The number of Topliss-reactive ketones (excluding diaryl/α,β-unsaturated/α-hetero) is 1. The number of ketones is 1. The van der Waals surface area contributed by atoms with Crippen molar-refractivity contribution in [3.8, 4) is 0 Å². The van der Waals surface area contributed by atoms with E-state index in [1.54, 1.807) is 6.07 Å². The molecule has 0 aliphatic rings. The molecule has 1 amide bonds. The second-order valence-electron chi connectivity index (χ2n) is 4.32. The lowest BCUT2D eigenvalue weighted by atomic mass is 10.1. The molecular formula is C13H19NO3S. The largest absolute Gasteiger partial charge is 0.396 e. The van der Waals surface area contributed by atoms with Crippen LogP contribution in [0.1, 0.15) is 35.9 Å². The van der Waals surface area contributed by atoms with Crippen molar-refractivity contribution in [2.45, 2.75) is 26.2 Å². The summed E-state index contributed by atoms with van der Waals surface area (Å²) < 4.78 is 0. The first-order chi connectivity index (χ1) is 8.63. The fourth-order valence-electron chi connectivity index (χ4n) is 1.49. The SMILES string of the molecule is CC(CCO)CNC(=O)CCC(=O)c1cccs1. The van der Waals surface area contributed by atoms with Crippen LogP contribution in [0.25, 0.3) is 0 Å². The van der Waals surface area contributed by atoms with Crippen LogP contribution in [0.15, 0.2) is 17.5 Å². The van der Waals surface area contributed by atoms with Crippen molar-refractivity contribution in [2.24, 2.45) is 5.92 Å². The molecular weight excluding hydrogens is 250 g/mol. The number of aliphatic hydroxyl groups is 1. The van der Waals surface area contributed by atoms with Gasteiger partial charge in [0.2, 0.25) is 5.91 Å². The van der Waals surface area contributed by atoms with E-state index in [0.29, 0.717) is 17.8 Å². The van der Waals surface area contributed by atoms with E-state index in [2.05, 4.69) is 5.32 Å². The summed E-state index contributed by atoms with van der Waals surface area (Å²) in [4.78, 5) is 23.9. The van der Waals surface area contributed by atoms with Gasteiger partial charge in [-0.1, -0.05) is 13.0 Å². The summed E-state index contributed by atoms with van der Waals surface area (Å²) in [7, 11) is 0. The van der Waals surface area contributed by atoms with Crippen LogP contribution in [0.5, 0.6) is 0 Å². The van der Waals surface area contributed by atoms with Crippen molar-refractivity contribution in [2.75, 3.05) is 13.2 Å². The summed E-state index contributed by atoms with van der Waals surface area (Å²) in [5, 5.41) is 13.3. The molecule has 2 N–H and O–H groups in total. The molecule has 0 aromatic carbocycles. The number of aliphatic hydroxyl groups excluding tert-OH is 1. The van der Waals surface area contributed by atoms with Gasteiger partial charge in [0.05, 0.1) is 4.88 Å². The van der Waals surface area contributed by atoms with Gasteiger partial charge in [-0.2, -0.15) is 0 Å². The van der Waals surface area contributed by atoms with Crippen molar-refractivity contribution in [3.05, 3.63) is 22.4 Å². The van der Waals surface area contributed by atoms with Crippen molar-refractivity contribution in [1.82, 2.24) is 5.32 Å². The Kier molecular flexibility index (Phi) is 6.60. The molecule has 5 heteroatoms. The molecule has 1 atom stereocenters. The Morgan fingerprint density at radius 1 is 1.44 bits per heavy atom. The van der Waals surface area contributed by atoms with Gasteiger partial charge in [0, 0.05) is 26.0 Å².